The first kappa shape index (κ1) is 13.6. The molecule has 4 heteroatoms. The summed E-state index contributed by atoms with van der Waals surface area (Å²) in [6.07, 6.45) is 3.06. The Kier molecular flexibility index (Phi) is 4.17. The zero-order chi connectivity index (χ0) is 13.8. The van der Waals surface area contributed by atoms with Crippen molar-refractivity contribution in [3.05, 3.63) is 58.9 Å². The molecule has 0 spiro atoms. The normalized spacial score (nSPS) is 10.3. The van der Waals surface area contributed by atoms with E-state index in [9.17, 15) is 4.79 Å². The summed E-state index contributed by atoms with van der Waals surface area (Å²) in [5.41, 5.74) is 2.50. The van der Waals surface area contributed by atoms with Crippen molar-refractivity contribution < 1.29 is 4.79 Å². The fourth-order valence-electron chi connectivity index (χ4n) is 1.86. The molecule has 0 fully saturated rings. The first-order chi connectivity index (χ1) is 9.13. The van der Waals surface area contributed by atoms with Crippen molar-refractivity contribution in [3.63, 3.8) is 0 Å². The Balaban J connectivity index is 2.35. The van der Waals surface area contributed by atoms with Crippen LogP contribution < -0.4 is 4.90 Å². The van der Waals surface area contributed by atoms with Gasteiger partial charge in [-0.25, -0.2) is 0 Å². The Morgan fingerprint density at radius 3 is 2.53 bits per heavy atom. The molecular formula is C15H15ClN2O. The summed E-state index contributed by atoms with van der Waals surface area (Å²) in [6, 6.07) is 9.48. The largest absolute Gasteiger partial charge is 0.309 e. The summed E-state index contributed by atoms with van der Waals surface area (Å²) in [5.74, 6) is -0.112. The number of amides is 1. The van der Waals surface area contributed by atoms with E-state index in [0.29, 0.717) is 17.1 Å². The molecule has 1 amide bonds. The highest BCUT2D eigenvalue weighted by molar-refractivity contribution is 6.34. The third kappa shape index (κ3) is 2.93. The van der Waals surface area contributed by atoms with Crippen molar-refractivity contribution in [2.45, 2.75) is 13.8 Å². The van der Waals surface area contributed by atoms with Gasteiger partial charge in [0.15, 0.2) is 0 Å². The van der Waals surface area contributed by atoms with Crippen molar-refractivity contribution in [1.82, 2.24) is 4.98 Å². The molecule has 1 aromatic heterocycles. The molecular weight excluding hydrogens is 260 g/mol. The number of hydrogen-bond acceptors (Lipinski definition) is 2. The number of carbonyl (C=O) groups excluding carboxylic acids is 1. The van der Waals surface area contributed by atoms with Gasteiger partial charge >= 0.3 is 0 Å². The van der Waals surface area contributed by atoms with Gasteiger partial charge in [0.1, 0.15) is 0 Å². The SMILES string of the molecule is CCN(C(=O)c1ccncc1Cl)c1ccc(C)cc1. The molecule has 98 valence electrons. The lowest BCUT2D eigenvalue weighted by Gasteiger charge is -2.21. The fraction of sp³-hybridized carbons (Fsp3) is 0.200. The van der Waals surface area contributed by atoms with Crippen LogP contribution in [0, 0.1) is 6.92 Å². The van der Waals surface area contributed by atoms with Gasteiger partial charge < -0.3 is 4.90 Å². The van der Waals surface area contributed by atoms with Crippen LogP contribution in [0.1, 0.15) is 22.8 Å². The van der Waals surface area contributed by atoms with Crippen LogP contribution in [-0.2, 0) is 0 Å². The van der Waals surface area contributed by atoms with Gasteiger partial charge in [0.25, 0.3) is 5.91 Å². The highest BCUT2D eigenvalue weighted by Crippen LogP contribution is 2.21. The smallest absolute Gasteiger partial charge is 0.259 e. The van der Waals surface area contributed by atoms with E-state index in [-0.39, 0.29) is 5.91 Å². The molecule has 0 bridgehead atoms. The minimum absolute atomic E-state index is 0.112. The number of hydrogen-bond donors (Lipinski definition) is 0. The highest BCUT2D eigenvalue weighted by Gasteiger charge is 2.18. The van der Waals surface area contributed by atoms with Crippen LogP contribution in [0.25, 0.3) is 0 Å². The van der Waals surface area contributed by atoms with E-state index in [1.807, 2.05) is 38.1 Å². The van der Waals surface area contributed by atoms with Gasteiger partial charge in [-0.05, 0) is 32.0 Å². The highest BCUT2D eigenvalue weighted by atomic mass is 35.5. The Labute approximate surface area is 117 Å². The molecule has 1 heterocycles. The number of carbonyl (C=O) groups is 1. The van der Waals surface area contributed by atoms with Gasteiger partial charge in [0, 0.05) is 24.6 Å². The van der Waals surface area contributed by atoms with Gasteiger partial charge in [-0.3, -0.25) is 9.78 Å². The molecule has 0 aliphatic carbocycles. The van der Waals surface area contributed by atoms with Crippen molar-refractivity contribution in [2.75, 3.05) is 11.4 Å². The molecule has 3 nitrogen and oxygen atoms in total. The molecule has 1 aromatic carbocycles. The maximum absolute atomic E-state index is 12.5. The summed E-state index contributed by atoms with van der Waals surface area (Å²) >= 11 is 6.02. The minimum Gasteiger partial charge on any atom is -0.309 e. The number of anilines is 1. The Morgan fingerprint density at radius 2 is 1.95 bits per heavy atom. The monoisotopic (exact) mass is 274 g/mol. The maximum Gasteiger partial charge on any atom is 0.259 e. The quantitative estimate of drug-likeness (QED) is 0.855. The topological polar surface area (TPSA) is 33.2 Å². The molecule has 0 unspecified atom stereocenters. The number of halogens is 1. The van der Waals surface area contributed by atoms with Crippen LogP contribution in [0.4, 0.5) is 5.69 Å². The number of aromatic nitrogens is 1. The summed E-state index contributed by atoms with van der Waals surface area (Å²) in [7, 11) is 0. The molecule has 0 radical (unpaired) electrons. The predicted octanol–water partition coefficient (Wildman–Crippen LogP) is 3.71. The van der Waals surface area contributed by atoms with E-state index < -0.39 is 0 Å². The number of pyridine rings is 1. The van der Waals surface area contributed by atoms with Gasteiger partial charge in [-0.2, -0.15) is 0 Å². The summed E-state index contributed by atoms with van der Waals surface area (Å²) < 4.78 is 0. The van der Waals surface area contributed by atoms with Crippen molar-refractivity contribution >= 4 is 23.2 Å². The average molecular weight is 275 g/mol. The molecule has 0 saturated heterocycles. The van der Waals surface area contributed by atoms with Gasteiger partial charge in [0.05, 0.1) is 10.6 Å². The molecule has 2 aromatic rings. The summed E-state index contributed by atoms with van der Waals surface area (Å²) in [6.45, 7) is 4.54. The minimum atomic E-state index is -0.112. The second-order valence-electron chi connectivity index (χ2n) is 4.24. The zero-order valence-corrected chi connectivity index (χ0v) is 11.7. The third-order valence-electron chi connectivity index (χ3n) is 2.91. The molecule has 0 aliphatic rings. The van der Waals surface area contributed by atoms with Crippen molar-refractivity contribution in [3.8, 4) is 0 Å². The summed E-state index contributed by atoms with van der Waals surface area (Å²) in [5, 5.41) is 0.373. The van der Waals surface area contributed by atoms with Crippen molar-refractivity contribution in [2.24, 2.45) is 0 Å². The van der Waals surface area contributed by atoms with Crippen molar-refractivity contribution in [1.29, 1.82) is 0 Å². The van der Waals surface area contributed by atoms with Gasteiger partial charge in [-0.15, -0.1) is 0 Å². The number of benzene rings is 1. The molecule has 2 rings (SSSR count). The van der Waals surface area contributed by atoms with E-state index in [1.165, 1.54) is 6.20 Å². The maximum atomic E-state index is 12.5. The Hall–Kier alpha value is -1.87. The fourth-order valence-corrected chi connectivity index (χ4v) is 2.06. The molecule has 0 N–H and O–H groups in total. The molecule has 19 heavy (non-hydrogen) atoms. The standard InChI is InChI=1S/C15H15ClN2O/c1-3-18(12-6-4-11(2)5-7-12)15(19)13-8-9-17-10-14(13)16/h4-10H,3H2,1-2H3. The van der Waals surface area contributed by atoms with Crippen LogP contribution in [-0.4, -0.2) is 17.4 Å². The molecule has 0 atom stereocenters. The van der Waals surface area contributed by atoms with Crippen LogP contribution in [0.5, 0.6) is 0 Å². The van der Waals surface area contributed by atoms with Crippen LogP contribution >= 0.6 is 11.6 Å². The molecule has 0 aliphatic heterocycles. The second-order valence-corrected chi connectivity index (χ2v) is 4.65. The number of nitrogens with zero attached hydrogens (tertiary/aromatic N) is 2. The number of rotatable bonds is 3. The number of aryl methyl sites for hydroxylation is 1. The first-order valence-electron chi connectivity index (χ1n) is 6.11. The second kappa shape index (κ2) is 5.85. The molecule has 0 saturated carbocycles. The van der Waals surface area contributed by atoms with E-state index in [1.54, 1.807) is 17.2 Å². The predicted molar refractivity (Wildman–Crippen MR) is 77.8 cm³/mol. The first-order valence-corrected chi connectivity index (χ1v) is 6.49. The van der Waals surface area contributed by atoms with E-state index in [2.05, 4.69) is 4.98 Å². The van der Waals surface area contributed by atoms with Crippen LogP contribution in [0.2, 0.25) is 5.02 Å². The van der Waals surface area contributed by atoms with E-state index in [4.69, 9.17) is 11.6 Å². The third-order valence-corrected chi connectivity index (χ3v) is 3.21. The van der Waals surface area contributed by atoms with Gasteiger partial charge in [-0.1, -0.05) is 29.3 Å². The lowest BCUT2D eigenvalue weighted by atomic mass is 10.2. The lowest BCUT2D eigenvalue weighted by molar-refractivity contribution is 0.0988. The lowest BCUT2D eigenvalue weighted by Crippen LogP contribution is -2.30. The van der Waals surface area contributed by atoms with Crippen LogP contribution in [0.15, 0.2) is 42.7 Å². The van der Waals surface area contributed by atoms with Crippen LogP contribution in [0.3, 0.4) is 0 Å². The van der Waals surface area contributed by atoms with E-state index >= 15 is 0 Å². The summed E-state index contributed by atoms with van der Waals surface area (Å²) in [4.78, 5) is 18.1. The zero-order valence-electron chi connectivity index (χ0n) is 10.9. The Morgan fingerprint density at radius 1 is 1.26 bits per heavy atom. The Bertz CT molecular complexity index is 581. The van der Waals surface area contributed by atoms with E-state index in [0.717, 1.165) is 11.3 Å². The average Bonchev–Trinajstić information content (AvgIpc) is 2.42. The van der Waals surface area contributed by atoms with Gasteiger partial charge in [0.2, 0.25) is 0 Å².